The minimum atomic E-state index is 0.607. The van der Waals surface area contributed by atoms with Gasteiger partial charge >= 0.3 is 0 Å². The number of rotatable bonds is 4. The van der Waals surface area contributed by atoms with Crippen molar-refractivity contribution in [1.29, 1.82) is 0 Å². The second-order valence-electron chi connectivity index (χ2n) is 3.70. The van der Waals surface area contributed by atoms with E-state index in [0.29, 0.717) is 5.88 Å². The average molecular weight is 229 g/mol. The van der Waals surface area contributed by atoms with Crippen LogP contribution in [0, 0.1) is 6.92 Å². The molecule has 0 aliphatic heterocycles. The third kappa shape index (κ3) is 2.72. The minimum Gasteiger partial charge on any atom is -0.481 e. The summed E-state index contributed by atoms with van der Waals surface area (Å²) < 4.78 is 5.15. The zero-order chi connectivity index (χ0) is 12.1. The van der Waals surface area contributed by atoms with E-state index in [1.807, 2.05) is 25.1 Å². The molecule has 4 nitrogen and oxygen atoms in total. The van der Waals surface area contributed by atoms with Crippen LogP contribution in [0.4, 0.5) is 5.82 Å². The van der Waals surface area contributed by atoms with E-state index in [-0.39, 0.29) is 0 Å². The Bertz CT molecular complexity index is 485. The molecule has 0 aliphatic carbocycles. The van der Waals surface area contributed by atoms with Crippen LogP contribution in [0.25, 0.3) is 0 Å². The van der Waals surface area contributed by atoms with Crippen LogP contribution in [0.3, 0.4) is 0 Å². The minimum absolute atomic E-state index is 0.607. The van der Waals surface area contributed by atoms with Gasteiger partial charge in [-0.2, -0.15) is 0 Å². The van der Waals surface area contributed by atoms with Crippen molar-refractivity contribution in [2.24, 2.45) is 0 Å². The number of aromatic nitrogens is 2. The molecule has 0 amide bonds. The maximum atomic E-state index is 5.15. The van der Waals surface area contributed by atoms with E-state index in [9.17, 15) is 0 Å². The largest absolute Gasteiger partial charge is 0.481 e. The summed E-state index contributed by atoms with van der Waals surface area (Å²) in [6.07, 6.45) is 1.50. The average Bonchev–Trinajstić information content (AvgIpc) is 2.39. The summed E-state index contributed by atoms with van der Waals surface area (Å²) in [5.74, 6) is 1.41. The molecule has 2 aromatic rings. The van der Waals surface area contributed by atoms with E-state index in [2.05, 4.69) is 27.4 Å². The third-order valence-electron chi connectivity index (χ3n) is 2.53. The summed E-state index contributed by atoms with van der Waals surface area (Å²) in [4.78, 5) is 8.24. The first-order chi connectivity index (χ1) is 8.31. The van der Waals surface area contributed by atoms with Crippen LogP contribution in [0.2, 0.25) is 0 Å². The van der Waals surface area contributed by atoms with Crippen LogP contribution in [0.1, 0.15) is 11.1 Å². The van der Waals surface area contributed by atoms with E-state index in [1.165, 1.54) is 11.9 Å². The zero-order valence-electron chi connectivity index (χ0n) is 9.97. The molecule has 1 aromatic heterocycles. The summed E-state index contributed by atoms with van der Waals surface area (Å²) >= 11 is 0. The van der Waals surface area contributed by atoms with Gasteiger partial charge in [0, 0.05) is 6.54 Å². The number of nitrogens with one attached hydrogen (secondary N) is 1. The van der Waals surface area contributed by atoms with E-state index in [4.69, 9.17) is 4.74 Å². The number of methoxy groups -OCH3 is 1. The van der Waals surface area contributed by atoms with Crippen molar-refractivity contribution in [1.82, 2.24) is 9.97 Å². The molecule has 0 bridgehead atoms. The first kappa shape index (κ1) is 11.4. The monoisotopic (exact) mass is 229 g/mol. The molecule has 4 heteroatoms. The molecular weight excluding hydrogens is 214 g/mol. The number of hydrogen-bond donors (Lipinski definition) is 1. The van der Waals surface area contributed by atoms with Gasteiger partial charge in [0.25, 0.3) is 0 Å². The summed E-state index contributed by atoms with van der Waals surface area (Å²) in [6, 6.07) is 10.2. The fourth-order valence-electron chi connectivity index (χ4n) is 1.60. The van der Waals surface area contributed by atoms with Crippen molar-refractivity contribution in [3.05, 3.63) is 47.8 Å². The number of hydrogen-bond acceptors (Lipinski definition) is 4. The van der Waals surface area contributed by atoms with E-state index >= 15 is 0 Å². The number of anilines is 1. The van der Waals surface area contributed by atoms with Gasteiger partial charge in [-0.05, 0) is 12.5 Å². The predicted octanol–water partition coefficient (Wildman–Crippen LogP) is 2.41. The number of benzene rings is 1. The van der Waals surface area contributed by atoms with Gasteiger partial charge in [-0.3, -0.25) is 0 Å². The van der Waals surface area contributed by atoms with Gasteiger partial charge < -0.3 is 10.1 Å². The molecular formula is C13H15N3O. The smallest absolute Gasteiger partial charge is 0.221 e. The van der Waals surface area contributed by atoms with Crippen LogP contribution in [-0.2, 0) is 6.54 Å². The highest BCUT2D eigenvalue weighted by atomic mass is 16.5. The molecule has 0 spiro atoms. The molecule has 0 radical (unpaired) electrons. The van der Waals surface area contributed by atoms with Gasteiger partial charge in [0.05, 0.1) is 12.7 Å². The van der Waals surface area contributed by atoms with Crippen LogP contribution >= 0.6 is 0 Å². The Morgan fingerprint density at radius 3 is 2.65 bits per heavy atom. The molecule has 0 aliphatic rings. The maximum Gasteiger partial charge on any atom is 0.221 e. The zero-order valence-corrected chi connectivity index (χ0v) is 9.97. The number of nitrogens with zero attached hydrogens (tertiary/aromatic N) is 2. The molecule has 0 fully saturated rings. The molecule has 0 atom stereocenters. The molecule has 1 aromatic carbocycles. The lowest BCUT2D eigenvalue weighted by Gasteiger charge is -2.10. The van der Waals surface area contributed by atoms with Crippen LogP contribution in [-0.4, -0.2) is 17.1 Å². The van der Waals surface area contributed by atoms with Gasteiger partial charge in [-0.1, -0.05) is 30.3 Å². The highest BCUT2D eigenvalue weighted by Gasteiger charge is 2.06. The standard InChI is InChI=1S/C13H15N3O/c1-10-12(15-9-16-13(10)17-2)14-8-11-6-4-3-5-7-11/h3-7,9H,8H2,1-2H3,(H,14,15,16). The first-order valence-corrected chi connectivity index (χ1v) is 5.44. The Morgan fingerprint density at radius 2 is 1.94 bits per heavy atom. The van der Waals surface area contributed by atoms with Crippen molar-refractivity contribution in [2.75, 3.05) is 12.4 Å². The molecule has 88 valence electrons. The summed E-state index contributed by atoms with van der Waals surface area (Å²) in [5.41, 5.74) is 2.13. The van der Waals surface area contributed by atoms with Crippen LogP contribution in [0.5, 0.6) is 5.88 Å². The molecule has 0 saturated carbocycles. The Kier molecular flexibility index (Phi) is 3.55. The first-order valence-electron chi connectivity index (χ1n) is 5.44. The van der Waals surface area contributed by atoms with E-state index in [1.54, 1.807) is 7.11 Å². The number of ether oxygens (including phenoxy) is 1. The predicted molar refractivity (Wildman–Crippen MR) is 67.1 cm³/mol. The molecule has 2 rings (SSSR count). The van der Waals surface area contributed by atoms with Crippen molar-refractivity contribution in [3.8, 4) is 5.88 Å². The quantitative estimate of drug-likeness (QED) is 0.874. The fourth-order valence-corrected chi connectivity index (χ4v) is 1.60. The van der Waals surface area contributed by atoms with E-state index < -0.39 is 0 Å². The summed E-state index contributed by atoms with van der Waals surface area (Å²) in [7, 11) is 1.61. The lowest BCUT2D eigenvalue weighted by Crippen LogP contribution is -2.05. The molecule has 17 heavy (non-hydrogen) atoms. The SMILES string of the molecule is COc1ncnc(NCc2ccccc2)c1C. The van der Waals surface area contributed by atoms with Gasteiger partial charge in [0.15, 0.2) is 0 Å². The van der Waals surface area contributed by atoms with Crippen molar-refractivity contribution >= 4 is 5.82 Å². The van der Waals surface area contributed by atoms with Gasteiger partial charge in [0.1, 0.15) is 12.1 Å². The van der Waals surface area contributed by atoms with Crippen molar-refractivity contribution in [2.45, 2.75) is 13.5 Å². The van der Waals surface area contributed by atoms with Gasteiger partial charge in [-0.25, -0.2) is 9.97 Å². The highest BCUT2D eigenvalue weighted by molar-refractivity contribution is 5.47. The summed E-state index contributed by atoms with van der Waals surface area (Å²) in [6.45, 7) is 2.67. The lowest BCUT2D eigenvalue weighted by molar-refractivity contribution is 0.393. The Morgan fingerprint density at radius 1 is 1.18 bits per heavy atom. The van der Waals surface area contributed by atoms with Gasteiger partial charge in [-0.15, -0.1) is 0 Å². The molecule has 1 N–H and O–H groups in total. The topological polar surface area (TPSA) is 47.0 Å². The fraction of sp³-hybridized carbons (Fsp3) is 0.231. The Balaban J connectivity index is 2.09. The van der Waals surface area contributed by atoms with Crippen LogP contribution < -0.4 is 10.1 Å². The molecule has 0 unspecified atom stereocenters. The highest BCUT2D eigenvalue weighted by Crippen LogP contribution is 2.20. The van der Waals surface area contributed by atoms with Crippen molar-refractivity contribution in [3.63, 3.8) is 0 Å². The van der Waals surface area contributed by atoms with E-state index in [0.717, 1.165) is 17.9 Å². The third-order valence-corrected chi connectivity index (χ3v) is 2.53. The second kappa shape index (κ2) is 5.30. The normalized spacial score (nSPS) is 10.0. The lowest BCUT2D eigenvalue weighted by atomic mass is 10.2. The molecule has 1 heterocycles. The maximum absolute atomic E-state index is 5.15. The molecule has 0 saturated heterocycles. The van der Waals surface area contributed by atoms with Crippen molar-refractivity contribution < 1.29 is 4.74 Å². The Labute approximate surface area is 101 Å². The van der Waals surface area contributed by atoms with Gasteiger partial charge in [0.2, 0.25) is 5.88 Å². The van der Waals surface area contributed by atoms with Crippen LogP contribution in [0.15, 0.2) is 36.7 Å². The summed E-state index contributed by atoms with van der Waals surface area (Å²) in [5, 5.41) is 3.27. The second-order valence-corrected chi connectivity index (χ2v) is 3.70. The Hall–Kier alpha value is -2.10.